The maximum atomic E-state index is 12.2. The quantitative estimate of drug-likeness (QED) is 0.607. The summed E-state index contributed by atoms with van der Waals surface area (Å²) in [5.74, 6) is -0.150. The second kappa shape index (κ2) is 7.71. The standard InChI is InChI=1S/C17H14IN3O2S/c18-13-5-2-1-4-12(13)17(23)19-9-10-21-16(22)8-7-14(20-21)15-6-3-11-24-15/h1-8,11H,9-10H2,(H,19,23). The smallest absolute Gasteiger partial charge is 0.266 e. The molecule has 1 aromatic carbocycles. The molecule has 0 saturated heterocycles. The molecule has 3 rings (SSSR count). The molecule has 0 aliphatic heterocycles. The van der Waals surface area contributed by atoms with Gasteiger partial charge in [-0.2, -0.15) is 5.10 Å². The SMILES string of the molecule is O=C(NCCn1nc(-c2cccs2)ccc1=O)c1ccccc1I. The van der Waals surface area contributed by atoms with E-state index in [1.807, 2.05) is 35.7 Å². The maximum absolute atomic E-state index is 12.2. The van der Waals surface area contributed by atoms with Crippen molar-refractivity contribution >= 4 is 39.8 Å². The van der Waals surface area contributed by atoms with Crippen molar-refractivity contribution in [2.24, 2.45) is 0 Å². The molecule has 7 heteroatoms. The van der Waals surface area contributed by atoms with E-state index >= 15 is 0 Å². The van der Waals surface area contributed by atoms with Crippen molar-refractivity contribution in [3.05, 3.63) is 73.4 Å². The average Bonchev–Trinajstić information content (AvgIpc) is 3.11. The van der Waals surface area contributed by atoms with Gasteiger partial charge in [-0.25, -0.2) is 4.68 Å². The highest BCUT2D eigenvalue weighted by atomic mass is 127. The second-order valence-electron chi connectivity index (χ2n) is 4.99. The summed E-state index contributed by atoms with van der Waals surface area (Å²) in [6.07, 6.45) is 0. The zero-order valence-electron chi connectivity index (χ0n) is 12.6. The molecule has 1 N–H and O–H groups in total. The summed E-state index contributed by atoms with van der Waals surface area (Å²) < 4.78 is 2.27. The van der Waals surface area contributed by atoms with Gasteiger partial charge in [-0.3, -0.25) is 9.59 Å². The van der Waals surface area contributed by atoms with Crippen LogP contribution < -0.4 is 10.9 Å². The van der Waals surface area contributed by atoms with Gasteiger partial charge < -0.3 is 5.32 Å². The molecule has 0 saturated carbocycles. The molecule has 0 atom stereocenters. The minimum absolute atomic E-state index is 0.150. The van der Waals surface area contributed by atoms with Crippen molar-refractivity contribution in [1.29, 1.82) is 0 Å². The Morgan fingerprint density at radius 1 is 1.17 bits per heavy atom. The van der Waals surface area contributed by atoms with Crippen molar-refractivity contribution in [2.75, 3.05) is 6.54 Å². The van der Waals surface area contributed by atoms with E-state index in [-0.39, 0.29) is 11.5 Å². The minimum Gasteiger partial charge on any atom is -0.350 e. The van der Waals surface area contributed by atoms with Gasteiger partial charge in [0.25, 0.3) is 11.5 Å². The van der Waals surface area contributed by atoms with E-state index in [1.165, 1.54) is 10.7 Å². The van der Waals surface area contributed by atoms with Crippen LogP contribution in [0, 0.1) is 3.57 Å². The lowest BCUT2D eigenvalue weighted by molar-refractivity contribution is 0.0951. The molecule has 24 heavy (non-hydrogen) atoms. The molecule has 0 spiro atoms. The Morgan fingerprint density at radius 3 is 2.75 bits per heavy atom. The summed E-state index contributed by atoms with van der Waals surface area (Å²) >= 11 is 3.70. The molecule has 0 radical (unpaired) electrons. The number of nitrogens with zero attached hydrogens (tertiary/aromatic N) is 2. The number of halogens is 1. The Labute approximate surface area is 156 Å². The van der Waals surface area contributed by atoms with Gasteiger partial charge in [-0.05, 0) is 52.2 Å². The Hall–Kier alpha value is -2.00. The van der Waals surface area contributed by atoms with Crippen LogP contribution in [0.15, 0.2) is 58.7 Å². The number of hydrogen-bond acceptors (Lipinski definition) is 4. The third-order valence-corrected chi connectivity index (χ3v) is 5.20. The summed E-state index contributed by atoms with van der Waals surface area (Å²) in [5.41, 5.74) is 1.21. The average molecular weight is 451 g/mol. The summed E-state index contributed by atoms with van der Waals surface area (Å²) in [5, 5.41) is 9.16. The van der Waals surface area contributed by atoms with Crippen LogP contribution in [0.5, 0.6) is 0 Å². The topological polar surface area (TPSA) is 64.0 Å². The zero-order chi connectivity index (χ0) is 16.9. The first kappa shape index (κ1) is 16.8. The second-order valence-corrected chi connectivity index (χ2v) is 7.10. The van der Waals surface area contributed by atoms with E-state index in [9.17, 15) is 9.59 Å². The predicted octanol–water partition coefficient (Wildman–Crippen LogP) is 3.01. The van der Waals surface area contributed by atoms with Gasteiger partial charge in [0.15, 0.2) is 0 Å². The lowest BCUT2D eigenvalue weighted by atomic mass is 10.2. The van der Waals surface area contributed by atoms with Gasteiger partial charge in [-0.1, -0.05) is 18.2 Å². The number of aromatic nitrogens is 2. The monoisotopic (exact) mass is 451 g/mol. The summed E-state index contributed by atoms with van der Waals surface area (Å²) in [7, 11) is 0. The van der Waals surface area contributed by atoms with Crippen LogP contribution in [0.3, 0.4) is 0 Å². The normalized spacial score (nSPS) is 10.5. The number of rotatable bonds is 5. The highest BCUT2D eigenvalue weighted by Crippen LogP contribution is 2.20. The first-order valence-corrected chi connectivity index (χ1v) is 9.26. The Kier molecular flexibility index (Phi) is 5.41. The Balaban J connectivity index is 1.67. The summed E-state index contributed by atoms with van der Waals surface area (Å²) in [6.45, 7) is 0.664. The first-order chi connectivity index (χ1) is 11.6. The number of benzene rings is 1. The highest BCUT2D eigenvalue weighted by molar-refractivity contribution is 14.1. The Morgan fingerprint density at radius 2 is 2.00 bits per heavy atom. The van der Waals surface area contributed by atoms with Crippen molar-refractivity contribution in [3.63, 3.8) is 0 Å². The van der Waals surface area contributed by atoms with Gasteiger partial charge in [0.1, 0.15) is 5.69 Å². The third-order valence-electron chi connectivity index (χ3n) is 3.37. The van der Waals surface area contributed by atoms with Crippen molar-refractivity contribution < 1.29 is 4.79 Å². The molecule has 5 nitrogen and oxygen atoms in total. The fraction of sp³-hybridized carbons (Fsp3) is 0.118. The molecular formula is C17H14IN3O2S. The van der Waals surface area contributed by atoms with Gasteiger partial charge >= 0.3 is 0 Å². The largest absolute Gasteiger partial charge is 0.350 e. The molecule has 0 unspecified atom stereocenters. The Bertz CT molecular complexity index is 906. The molecular weight excluding hydrogens is 437 g/mol. The molecule has 0 aliphatic rings. The number of nitrogens with one attached hydrogen (secondary N) is 1. The van der Waals surface area contributed by atoms with Gasteiger partial charge in [0.2, 0.25) is 0 Å². The van der Waals surface area contributed by atoms with E-state index in [0.717, 1.165) is 14.1 Å². The third kappa shape index (κ3) is 3.90. The number of hydrogen-bond donors (Lipinski definition) is 1. The molecule has 0 fully saturated rings. The van der Waals surface area contributed by atoms with E-state index < -0.39 is 0 Å². The lowest BCUT2D eigenvalue weighted by Gasteiger charge is -2.09. The predicted molar refractivity (Wildman–Crippen MR) is 103 cm³/mol. The molecule has 3 aromatic rings. The van der Waals surface area contributed by atoms with Crippen LogP contribution in [-0.4, -0.2) is 22.2 Å². The van der Waals surface area contributed by atoms with E-state index in [2.05, 4.69) is 33.0 Å². The molecule has 0 bridgehead atoms. The number of amides is 1. The first-order valence-electron chi connectivity index (χ1n) is 7.30. The van der Waals surface area contributed by atoms with Crippen LogP contribution >= 0.6 is 33.9 Å². The molecule has 2 heterocycles. The van der Waals surface area contributed by atoms with Gasteiger partial charge in [0, 0.05) is 16.2 Å². The van der Waals surface area contributed by atoms with E-state index in [4.69, 9.17) is 0 Å². The summed E-state index contributed by atoms with van der Waals surface area (Å²) in [4.78, 5) is 25.1. The van der Waals surface area contributed by atoms with Crippen LogP contribution in [0.1, 0.15) is 10.4 Å². The fourth-order valence-corrected chi connectivity index (χ4v) is 3.50. The number of carbonyl (C=O) groups excluding carboxylic acids is 1. The van der Waals surface area contributed by atoms with E-state index in [1.54, 1.807) is 23.5 Å². The minimum atomic E-state index is -0.182. The maximum Gasteiger partial charge on any atom is 0.266 e. The molecule has 2 aromatic heterocycles. The van der Waals surface area contributed by atoms with Crippen molar-refractivity contribution in [3.8, 4) is 10.6 Å². The van der Waals surface area contributed by atoms with Crippen LogP contribution in [0.4, 0.5) is 0 Å². The van der Waals surface area contributed by atoms with Gasteiger partial charge in [0.05, 0.1) is 17.0 Å². The van der Waals surface area contributed by atoms with Crippen molar-refractivity contribution in [1.82, 2.24) is 15.1 Å². The van der Waals surface area contributed by atoms with Crippen LogP contribution in [0.2, 0.25) is 0 Å². The lowest BCUT2D eigenvalue weighted by Crippen LogP contribution is -2.32. The van der Waals surface area contributed by atoms with Crippen molar-refractivity contribution in [2.45, 2.75) is 6.54 Å². The van der Waals surface area contributed by atoms with Crippen LogP contribution in [-0.2, 0) is 6.54 Å². The molecule has 1 amide bonds. The number of thiophene rings is 1. The zero-order valence-corrected chi connectivity index (χ0v) is 15.6. The van der Waals surface area contributed by atoms with E-state index in [0.29, 0.717) is 18.7 Å². The highest BCUT2D eigenvalue weighted by Gasteiger charge is 2.09. The molecule has 122 valence electrons. The number of carbonyl (C=O) groups is 1. The fourth-order valence-electron chi connectivity index (χ4n) is 2.18. The van der Waals surface area contributed by atoms with Crippen LogP contribution in [0.25, 0.3) is 10.6 Å². The van der Waals surface area contributed by atoms with Gasteiger partial charge in [-0.15, -0.1) is 11.3 Å². The molecule has 0 aliphatic carbocycles. The summed E-state index contributed by atoms with van der Waals surface area (Å²) in [6, 6.07) is 14.5.